The fourth-order valence-corrected chi connectivity index (χ4v) is 2.50. The molecule has 2 rings (SSSR count). The lowest BCUT2D eigenvalue weighted by Gasteiger charge is -2.29. The highest BCUT2D eigenvalue weighted by molar-refractivity contribution is 5.76. The molecule has 1 saturated carbocycles. The maximum atomic E-state index is 11.8. The second kappa shape index (κ2) is 5.89. The third-order valence-corrected chi connectivity index (χ3v) is 3.64. The van der Waals surface area contributed by atoms with Gasteiger partial charge < -0.3 is 9.73 Å². The second-order valence-corrected chi connectivity index (χ2v) is 5.02. The van der Waals surface area contributed by atoms with Gasteiger partial charge in [0.15, 0.2) is 0 Å². The van der Waals surface area contributed by atoms with Crippen LogP contribution in [0.4, 0.5) is 0 Å². The number of aryl methyl sites for hydroxylation is 1. The summed E-state index contributed by atoms with van der Waals surface area (Å²) in [5.74, 6) is 1.66. The molecular formula is C14H21NO2. The lowest BCUT2D eigenvalue weighted by molar-refractivity contribution is -0.122. The predicted octanol–water partition coefficient (Wildman–Crippen LogP) is 2.91. The number of carbonyl (C=O) groups excluding carboxylic acids is 1. The van der Waals surface area contributed by atoms with Gasteiger partial charge in [-0.05, 0) is 30.9 Å². The van der Waals surface area contributed by atoms with E-state index in [0.29, 0.717) is 24.8 Å². The number of hydrogen-bond donors (Lipinski definition) is 1. The van der Waals surface area contributed by atoms with Gasteiger partial charge in [-0.25, -0.2) is 0 Å². The van der Waals surface area contributed by atoms with Crippen LogP contribution in [0.15, 0.2) is 22.8 Å². The maximum Gasteiger partial charge on any atom is 0.220 e. The van der Waals surface area contributed by atoms with Gasteiger partial charge in [0.1, 0.15) is 5.76 Å². The molecule has 3 heteroatoms. The van der Waals surface area contributed by atoms with E-state index in [1.54, 1.807) is 6.26 Å². The van der Waals surface area contributed by atoms with Gasteiger partial charge in [-0.15, -0.1) is 0 Å². The van der Waals surface area contributed by atoms with Gasteiger partial charge in [-0.1, -0.05) is 19.8 Å². The molecule has 0 aromatic carbocycles. The number of furan rings is 1. The quantitative estimate of drug-likeness (QED) is 0.872. The lowest BCUT2D eigenvalue weighted by Crippen LogP contribution is -2.41. The van der Waals surface area contributed by atoms with E-state index in [2.05, 4.69) is 12.2 Å². The highest BCUT2D eigenvalue weighted by Gasteiger charge is 2.22. The highest BCUT2D eigenvalue weighted by Crippen LogP contribution is 2.23. The molecule has 1 aliphatic carbocycles. The van der Waals surface area contributed by atoms with Crippen LogP contribution in [0.1, 0.15) is 44.8 Å². The second-order valence-electron chi connectivity index (χ2n) is 5.02. The summed E-state index contributed by atoms with van der Waals surface area (Å²) in [4.78, 5) is 11.8. The molecule has 1 amide bonds. The van der Waals surface area contributed by atoms with Crippen molar-refractivity contribution in [2.75, 3.05) is 0 Å². The number of amides is 1. The summed E-state index contributed by atoms with van der Waals surface area (Å²) in [5, 5.41) is 3.15. The topological polar surface area (TPSA) is 42.2 Å². The summed E-state index contributed by atoms with van der Waals surface area (Å²) in [7, 11) is 0. The Bertz CT molecular complexity index is 345. The molecule has 1 N–H and O–H groups in total. The van der Waals surface area contributed by atoms with E-state index in [9.17, 15) is 4.79 Å². The van der Waals surface area contributed by atoms with Crippen LogP contribution in [0, 0.1) is 5.92 Å². The summed E-state index contributed by atoms with van der Waals surface area (Å²) in [5.41, 5.74) is 0. The molecule has 1 fully saturated rings. The van der Waals surface area contributed by atoms with E-state index in [-0.39, 0.29) is 5.91 Å². The Hall–Kier alpha value is -1.25. The molecule has 0 radical (unpaired) electrons. The summed E-state index contributed by atoms with van der Waals surface area (Å²) in [6.45, 7) is 2.23. The molecule has 0 aliphatic heterocycles. The normalized spacial score (nSPS) is 24.5. The van der Waals surface area contributed by atoms with Gasteiger partial charge in [-0.3, -0.25) is 4.79 Å². The average molecular weight is 235 g/mol. The van der Waals surface area contributed by atoms with Crippen molar-refractivity contribution in [1.29, 1.82) is 0 Å². The Labute approximate surface area is 103 Å². The first-order valence-corrected chi connectivity index (χ1v) is 6.57. The van der Waals surface area contributed by atoms with Crippen LogP contribution >= 0.6 is 0 Å². The standard InChI is InChI=1S/C14H21NO2/c1-11-5-2-3-7-13(11)15-14(16)9-8-12-6-4-10-17-12/h4,6,10-11,13H,2-3,5,7-9H2,1H3,(H,15,16). The summed E-state index contributed by atoms with van der Waals surface area (Å²) in [6, 6.07) is 4.15. The van der Waals surface area contributed by atoms with Gasteiger partial charge in [-0.2, -0.15) is 0 Å². The lowest BCUT2D eigenvalue weighted by atomic mass is 9.86. The number of hydrogen-bond acceptors (Lipinski definition) is 2. The summed E-state index contributed by atoms with van der Waals surface area (Å²) >= 11 is 0. The minimum Gasteiger partial charge on any atom is -0.469 e. The zero-order valence-corrected chi connectivity index (χ0v) is 10.4. The van der Waals surface area contributed by atoms with Crippen molar-refractivity contribution in [2.45, 2.75) is 51.5 Å². The van der Waals surface area contributed by atoms with Crippen molar-refractivity contribution in [3.63, 3.8) is 0 Å². The Morgan fingerprint density at radius 1 is 1.47 bits per heavy atom. The Morgan fingerprint density at radius 3 is 3.00 bits per heavy atom. The van der Waals surface area contributed by atoms with Gasteiger partial charge in [0.2, 0.25) is 5.91 Å². The van der Waals surface area contributed by atoms with Crippen LogP contribution in [-0.2, 0) is 11.2 Å². The van der Waals surface area contributed by atoms with E-state index in [1.807, 2.05) is 12.1 Å². The van der Waals surface area contributed by atoms with Crippen LogP contribution < -0.4 is 5.32 Å². The predicted molar refractivity (Wildman–Crippen MR) is 66.6 cm³/mol. The molecule has 0 bridgehead atoms. The zero-order chi connectivity index (χ0) is 12.1. The fourth-order valence-electron chi connectivity index (χ4n) is 2.50. The molecular weight excluding hydrogens is 214 g/mol. The monoisotopic (exact) mass is 235 g/mol. The summed E-state index contributed by atoms with van der Waals surface area (Å²) in [6.07, 6.45) is 7.79. The molecule has 1 aromatic rings. The number of carbonyl (C=O) groups is 1. The number of rotatable bonds is 4. The SMILES string of the molecule is CC1CCCCC1NC(=O)CCc1ccco1. The van der Waals surface area contributed by atoms with Crippen molar-refractivity contribution in [3.8, 4) is 0 Å². The first-order chi connectivity index (χ1) is 8.25. The van der Waals surface area contributed by atoms with E-state index >= 15 is 0 Å². The van der Waals surface area contributed by atoms with E-state index in [0.717, 1.165) is 12.2 Å². The molecule has 1 aliphatic rings. The first kappa shape index (κ1) is 12.2. The molecule has 1 aromatic heterocycles. The highest BCUT2D eigenvalue weighted by atomic mass is 16.3. The molecule has 2 atom stereocenters. The van der Waals surface area contributed by atoms with E-state index < -0.39 is 0 Å². The molecule has 0 spiro atoms. The maximum absolute atomic E-state index is 11.8. The Morgan fingerprint density at radius 2 is 2.29 bits per heavy atom. The van der Waals surface area contributed by atoms with Crippen molar-refractivity contribution >= 4 is 5.91 Å². The third kappa shape index (κ3) is 3.62. The van der Waals surface area contributed by atoms with Crippen LogP contribution in [0.5, 0.6) is 0 Å². The smallest absolute Gasteiger partial charge is 0.220 e. The van der Waals surface area contributed by atoms with Crippen LogP contribution in [-0.4, -0.2) is 11.9 Å². The van der Waals surface area contributed by atoms with E-state index in [4.69, 9.17) is 4.42 Å². The largest absolute Gasteiger partial charge is 0.469 e. The molecule has 1 heterocycles. The van der Waals surface area contributed by atoms with E-state index in [1.165, 1.54) is 19.3 Å². The van der Waals surface area contributed by atoms with Gasteiger partial charge in [0.05, 0.1) is 6.26 Å². The van der Waals surface area contributed by atoms with Crippen molar-refractivity contribution in [2.24, 2.45) is 5.92 Å². The molecule has 17 heavy (non-hydrogen) atoms. The molecule has 3 nitrogen and oxygen atoms in total. The minimum absolute atomic E-state index is 0.153. The third-order valence-electron chi connectivity index (χ3n) is 3.64. The van der Waals surface area contributed by atoms with Gasteiger partial charge in [0, 0.05) is 18.9 Å². The zero-order valence-electron chi connectivity index (χ0n) is 10.4. The van der Waals surface area contributed by atoms with Crippen molar-refractivity contribution in [1.82, 2.24) is 5.32 Å². The van der Waals surface area contributed by atoms with Crippen molar-refractivity contribution in [3.05, 3.63) is 24.2 Å². The minimum atomic E-state index is 0.153. The Kier molecular flexibility index (Phi) is 4.24. The van der Waals surface area contributed by atoms with Gasteiger partial charge >= 0.3 is 0 Å². The van der Waals surface area contributed by atoms with Crippen LogP contribution in [0.25, 0.3) is 0 Å². The fraction of sp³-hybridized carbons (Fsp3) is 0.643. The molecule has 0 saturated heterocycles. The molecule has 94 valence electrons. The number of nitrogens with one attached hydrogen (secondary N) is 1. The first-order valence-electron chi connectivity index (χ1n) is 6.57. The average Bonchev–Trinajstić information content (AvgIpc) is 2.82. The van der Waals surface area contributed by atoms with Crippen molar-refractivity contribution < 1.29 is 9.21 Å². The van der Waals surface area contributed by atoms with Gasteiger partial charge in [0.25, 0.3) is 0 Å². The van der Waals surface area contributed by atoms with Crippen LogP contribution in [0.2, 0.25) is 0 Å². The summed E-state index contributed by atoms with van der Waals surface area (Å²) < 4.78 is 5.22. The molecule has 2 unspecified atom stereocenters. The van der Waals surface area contributed by atoms with Crippen LogP contribution in [0.3, 0.4) is 0 Å². The Balaban J connectivity index is 1.73.